The summed E-state index contributed by atoms with van der Waals surface area (Å²) in [7, 11) is -4.02. The molecule has 0 bridgehead atoms. The van der Waals surface area contributed by atoms with Crippen LogP contribution >= 0.6 is 0 Å². The van der Waals surface area contributed by atoms with Gasteiger partial charge in [-0.15, -0.1) is 0 Å². The molecule has 4 nitrogen and oxygen atoms in total. The van der Waals surface area contributed by atoms with Gasteiger partial charge in [0.05, 0.1) is 10.6 Å². The first-order chi connectivity index (χ1) is 13.9. The number of rotatable bonds is 4. The molecule has 1 N–H and O–H groups in total. The molecule has 4 aromatic rings. The van der Waals surface area contributed by atoms with E-state index in [1.165, 1.54) is 0 Å². The maximum Gasteiger partial charge on any atom is 0.212 e. The van der Waals surface area contributed by atoms with Crippen molar-refractivity contribution in [3.05, 3.63) is 94.1 Å². The van der Waals surface area contributed by atoms with E-state index in [1.54, 1.807) is 42.5 Å². The van der Waals surface area contributed by atoms with Crippen LogP contribution in [0.15, 0.2) is 87.4 Å². The van der Waals surface area contributed by atoms with Crippen LogP contribution in [0.4, 0.5) is 0 Å². The molecule has 5 heteroatoms. The predicted molar refractivity (Wildman–Crippen MR) is 116 cm³/mol. The molecule has 0 radical (unpaired) electrons. The van der Waals surface area contributed by atoms with E-state index in [4.69, 9.17) is 0 Å². The molecular weight excluding hydrogens is 382 g/mol. The van der Waals surface area contributed by atoms with Gasteiger partial charge in [-0.3, -0.25) is 4.79 Å². The van der Waals surface area contributed by atoms with E-state index in [0.29, 0.717) is 22.2 Å². The first-order valence-electron chi connectivity index (χ1n) is 9.48. The van der Waals surface area contributed by atoms with Gasteiger partial charge in [-0.25, -0.2) is 8.42 Å². The summed E-state index contributed by atoms with van der Waals surface area (Å²) in [6.45, 7) is 3.94. The minimum Gasteiger partial charge on any atom is -0.353 e. The number of aryl methyl sites for hydroxylation is 2. The molecule has 0 fully saturated rings. The summed E-state index contributed by atoms with van der Waals surface area (Å²) >= 11 is 0. The van der Waals surface area contributed by atoms with Gasteiger partial charge in [-0.1, -0.05) is 61.0 Å². The lowest BCUT2D eigenvalue weighted by atomic mass is 10.1. The van der Waals surface area contributed by atoms with Crippen LogP contribution in [-0.2, 0) is 16.3 Å². The molecule has 3 aromatic carbocycles. The van der Waals surface area contributed by atoms with Gasteiger partial charge in [-0.05, 0) is 48.7 Å². The molecule has 0 aliphatic carbocycles. The summed E-state index contributed by atoms with van der Waals surface area (Å²) in [6.07, 6.45) is 0.878. The van der Waals surface area contributed by atoms with Crippen molar-refractivity contribution in [1.82, 2.24) is 4.98 Å². The summed E-state index contributed by atoms with van der Waals surface area (Å²) in [5.74, 6) is 0. The largest absolute Gasteiger partial charge is 0.353 e. The summed E-state index contributed by atoms with van der Waals surface area (Å²) in [6, 6.07) is 21.1. The second-order valence-corrected chi connectivity index (χ2v) is 8.96. The Labute approximate surface area is 169 Å². The Bertz CT molecular complexity index is 1350. The van der Waals surface area contributed by atoms with Crippen LogP contribution in [0.1, 0.15) is 18.1 Å². The van der Waals surface area contributed by atoms with Crippen LogP contribution in [0.3, 0.4) is 0 Å². The summed E-state index contributed by atoms with van der Waals surface area (Å²) < 4.78 is 27.0. The molecule has 1 aromatic heterocycles. The van der Waals surface area contributed by atoms with E-state index >= 15 is 0 Å². The number of aromatic nitrogens is 1. The smallest absolute Gasteiger partial charge is 0.212 e. The number of para-hydroxylation sites is 1. The number of hydrogen-bond acceptors (Lipinski definition) is 3. The van der Waals surface area contributed by atoms with Gasteiger partial charge in [0.2, 0.25) is 15.3 Å². The fraction of sp³-hybridized carbons (Fsp3) is 0.125. The highest BCUT2D eigenvalue weighted by Gasteiger charge is 2.27. The molecule has 0 aliphatic heterocycles. The number of sulfone groups is 1. The number of nitrogens with one attached hydrogen (secondary N) is 1. The van der Waals surface area contributed by atoms with Gasteiger partial charge in [0.25, 0.3) is 0 Å². The van der Waals surface area contributed by atoms with Crippen LogP contribution in [0.25, 0.3) is 22.2 Å². The Morgan fingerprint density at radius 3 is 2.17 bits per heavy atom. The maximum absolute atomic E-state index is 13.5. The highest BCUT2D eigenvalue weighted by Crippen LogP contribution is 2.30. The van der Waals surface area contributed by atoms with Crippen molar-refractivity contribution in [2.45, 2.75) is 30.1 Å². The molecule has 0 spiro atoms. The summed E-state index contributed by atoms with van der Waals surface area (Å²) in [5.41, 5.74) is 3.18. The number of fused-ring (bicyclic) bond motifs is 1. The third-order valence-corrected chi connectivity index (χ3v) is 6.94. The quantitative estimate of drug-likeness (QED) is 0.527. The lowest BCUT2D eigenvalue weighted by molar-refractivity contribution is 0.595. The SMILES string of the molecule is CCc1ccc(-c2[nH]c3ccccc3c(=O)c2S(=O)(=O)c2ccc(C)cc2)cc1. The molecule has 4 rings (SSSR count). The number of pyridine rings is 1. The monoisotopic (exact) mass is 403 g/mol. The van der Waals surface area contributed by atoms with Crippen LogP contribution in [-0.4, -0.2) is 13.4 Å². The van der Waals surface area contributed by atoms with E-state index in [1.807, 2.05) is 37.3 Å². The fourth-order valence-electron chi connectivity index (χ4n) is 3.42. The van der Waals surface area contributed by atoms with Crippen molar-refractivity contribution in [3.63, 3.8) is 0 Å². The molecule has 0 unspecified atom stereocenters. The molecular formula is C24H21NO3S. The first-order valence-corrected chi connectivity index (χ1v) is 11.0. The Hall–Kier alpha value is -3.18. The molecule has 1 heterocycles. The minimum absolute atomic E-state index is 0.107. The van der Waals surface area contributed by atoms with Crippen LogP contribution in [0.5, 0.6) is 0 Å². The van der Waals surface area contributed by atoms with Gasteiger partial charge in [0, 0.05) is 10.9 Å². The third-order valence-electron chi connectivity index (χ3n) is 5.12. The van der Waals surface area contributed by atoms with E-state index in [-0.39, 0.29) is 9.79 Å². The number of aromatic amines is 1. The highest BCUT2D eigenvalue weighted by atomic mass is 32.2. The van der Waals surface area contributed by atoms with Crippen molar-refractivity contribution in [1.29, 1.82) is 0 Å². The molecule has 146 valence electrons. The van der Waals surface area contributed by atoms with Crippen LogP contribution in [0.2, 0.25) is 0 Å². The number of H-pyrrole nitrogens is 1. The second-order valence-electron chi connectivity index (χ2n) is 7.07. The maximum atomic E-state index is 13.5. The van der Waals surface area contributed by atoms with Gasteiger partial charge in [0.1, 0.15) is 4.90 Å². The lowest BCUT2D eigenvalue weighted by Crippen LogP contribution is -2.18. The normalized spacial score (nSPS) is 11.7. The predicted octanol–water partition coefficient (Wildman–Crippen LogP) is 4.90. The molecule has 0 saturated heterocycles. The van der Waals surface area contributed by atoms with Crippen molar-refractivity contribution >= 4 is 20.7 Å². The van der Waals surface area contributed by atoms with E-state index in [0.717, 1.165) is 17.5 Å². The average molecular weight is 404 g/mol. The Kier molecular flexibility index (Phi) is 4.84. The standard InChI is InChI=1S/C24H21NO3S/c1-3-17-10-12-18(13-11-17)22-24(23(26)20-6-4-5-7-21(20)25-22)29(27,28)19-14-8-16(2)9-15-19/h4-15H,3H2,1-2H3,(H,25,26). The van der Waals surface area contributed by atoms with Gasteiger partial charge in [0.15, 0.2) is 0 Å². The van der Waals surface area contributed by atoms with Crippen LogP contribution in [0, 0.1) is 6.92 Å². The van der Waals surface area contributed by atoms with Crippen molar-refractivity contribution in [2.75, 3.05) is 0 Å². The molecule has 29 heavy (non-hydrogen) atoms. The van der Waals surface area contributed by atoms with Crippen LogP contribution < -0.4 is 5.43 Å². The zero-order valence-corrected chi connectivity index (χ0v) is 17.1. The Balaban J connectivity index is 2.06. The Morgan fingerprint density at radius 2 is 1.52 bits per heavy atom. The molecule has 0 aliphatic rings. The second kappa shape index (κ2) is 7.33. The average Bonchev–Trinajstić information content (AvgIpc) is 2.74. The molecule has 0 atom stereocenters. The third kappa shape index (κ3) is 3.38. The van der Waals surface area contributed by atoms with Crippen molar-refractivity contribution < 1.29 is 8.42 Å². The highest BCUT2D eigenvalue weighted by molar-refractivity contribution is 7.91. The van der Waals surface area contributed by atoms with Gasteiger partial charge >= 0.3 is 0 Å². The van der Waals surface area contributed by atoms with E-state index in [9.17, 15) is 13.2 Å². The van der Waals surface area contributed by atoms with Gasteiger partial charge in [-0.2, -0.15) is 0 Å². The van der Waals surface area contributed by atoms with Crippen molar-refractivity contribution in [2.24, 2.45) is 0 Å². The van der Waals surface area contributed by atoms with Gasteiger partial charge < -0.3 is 4.98 Å². The zero-order valence-electron chi connectivity index (χ0n) is 16.3. The summed E-state index contributed by atoms with van der Waals surface area (Å²) in [5, 5.41) is 0.354. The zero-order chi connectivity index (χ0) is 20.6. The Morgan fingerprint density at radius 1 is 0.862 bits per heavy atom. The minimum atomic E-state index is -4.02. The van der Waals surface area contributed by atoms with Crippen molar-refractivity contribution in [3.8, 4) is 11.3 Å². The summed E-state index contributed by atoms with van der Waals surface area (Å²) in [4.78, 5) is 16.4. The fourth-order valence-corrected chi connectivity index (χ4v) is 4.94. The molecule has 0 saturated carbocycles. The first kappa shape index (κ1) is 19.2. The van der Waals surface area contributed by atoms with E-state index < -0.39 is 15.3 Å². The topological polar surface area (TPSA) is 67.0 Å². The lowest BCUT2D eigenvalue weighted by Gasteiger charge is -2.13. The number of benzene rings is 3. The van der Waals surface area contributed by atoms with E-state index in [2.05, 4.69) is 11.9 Å². The number of hydrogen-bond donors (Lipinski definition) is 1. The molecule has 0 amide bonds.